The van der Waals surface area contributed by atoms with E-state index in [-0.39, 0.29) is 17.4 Å². The second-order valence-corrected chi connectivity index (χ2v) is 7.27. The van der Waals surface area contributed by atoms with Crippen LogP contribution < -0.4 is 5.32 Å². The number of nitrogens with zero attached hydrogens (tertiary/aromatic N) is 3. The smallest absolute Gasteiger partial charge is 0.317 e. The highest BCUT2D eigenvalue weighted by atomic mass is 16.5. The van der Waals surface area contributed by atoms with Crippen molar-refractivity contribution >= 4 is 6.03 Å². The fourth-order valence-electron chi connectivity index (χ4n) is 3.71. The third-order valence-corrected chi connectivity index (χ3v) is 5.42. The fraction of sp³-hybridized carbons (Fsp3) is 0.526. The summed E-state index contributed by atoms with van der Waals surface area (Å²) in [4.78, 5) is 18.8. The van der Waals surface area contributed by atoms with E-state index >= 15 is 0 Å². The standard InChI is InChI=1S/C19H24N4O2/c1-14-21-17(25-22-14)15-6-5-11-23(12-15)18(24)20-13-19(9-10-19)16-7-3-2-4-8-16/h2-4,7-8,15H,5-6,9-13H2,1H3,(H,20,24). The summed E-state index contributed by atoms with van der Waals surface area (Å²) in [6.45, 7) is 3.95. The van der Waals surface area contributed by atoms with Gasteiger partial charge in [0, 0.05) is 25.0 Å². The summed E-state index contributed by atoms with van der Waals surface area (Å²) < 4.78 is 5.29. The lowest BCUT2D eigenvalue weighted by atomic mass is 9.96. The lowest BCUT2D eigenvalue weighted by Gasteiger charge is -2.31. The molecule has 1 aliphatic carbocycles. The van der Waals surface area contributed by atoms with Crippen molar-refractivity contribution in [3.8, 4) is 0 Å². The van der Waals surface area contributed by atoms with Crippen LogP contribution in [0.25, 0.3) is 0 Å². The van der Waals surface area contributed by atoms with Crippen molar-refractivity contribution in [2.75, 3.05) is 19.6 Å². The average Bonchev–Trinajstić information content (AvgIpc) is 3.33. The summed E-state index contributed by atoms with van der Waals surface area (Å²) in [5.74, 6) is 1.44. The number of carbonyl (C=O) groups is 1. The molecule has 0 radical (unpaired) electrons. The molecule has 2 aliphatic rings. The van der Waals surface area contributed by atoms with E-state index in [1.54, 1.807) is 0 Å². The third-order valence-electron chi connectivity index (χ3n) is 5.42. The lowest BCUT2D eigenvalue weighted by molar-refractivity contribution is 0.171. The molecule has 1 aliphatic heterocycles. The first-order valence-corrected chi connectivity index (χ1v) is 9.05. The van der Waals surface area contributed by atoms with Crippen molar-refractivity contribution in [1.29, 1.82) is 0 Å². The van der Waals surface area contributed by atoms with E-state index in [1.807, 2.05) is 17.9 Å². The predicted octanol–water partition coefficient (Wildman–Crippen LogP) is 3.00. The Balaban J connectivity index is 1.35. The molecule has 6 heteroatoms. The number of amides is 2. The Bertz CT molecular complexity index is 739. The zero-order chi connectivity index (χ0) is 17.3. The van der Waals surface area contributed by atoms with E-state index in [2.05, 4.69) is 39.7 Å². The lowest BCUT2D eigenvalue weighted by Crippen LogP contribution is -2.46. The SMILES string of the molecule is Cc1noc(C2CCCN(C(=O)NCC3(c4ccccc4)CC3)C2)n1. The Labute approximate surface area is 147 Å². The molecule has 4 rings (SSSR count). The molecule has 1 N–H and O–H groups in total. The molecular formula is C19H24N4O2. The zero-order valence-electron chi connectivity index (χ0n) is 14.6. The van der Waals surface area contributed by atoms with Crippen molar-refractivity contribution in [1.82, 2.24) is 20.4 Å². The van der Waals surface area contributed by atoms with Crippen LogP contribution in [0.4, 0.5) is 4.79 Å². The molecule has 2 heterocycles. The fourth-order valence-corrected chi connectivity index (χ4v) is 3.71. The van der Waals surface area contributed by atoms with Crippen LogP contribution in [0.3, 0.4) is 0 Å². The molecule has 25 heavy (non-hydrogen) atoms. The van der Waals surface area contributed by atoms with Crippen LogP contribution in [0.2, 0.25) is 0 Å². The summed E-state index contributed by atoms with van der Waals surface area (Å²) in [5.41, 5.74) is 1.46. The summed E-state index contributed by atoms with van der Waals surface area (Å²) in [6, 6.07) is 10.5. The number of hydrogen-bond donors (Lipinski definition) is 1. The molecule has 2 amide bonds. The van der Waals surface area contributed by atoms with E-state index in [1.165, 1.54) is 5.56 Å². The van der Waals surface area contributed by atoms with Crippen LogP contribution in [0.5, 0.6) is 0 Å². The van der Waals surface area contributed by atoms with Crippen molar-refractivity contribution in [2.45, 2.75) is 43.9 Å². The molecule has 0 spiro atoms. The molecule has 1 unspecified atom stereocenters. The van der Waals surface area contributed by atoms with Crippen molar-refractivity contribution in [2.24, 2.45) is 0 Å². The molecular weight excluding hydrogens is 316 g/mol. The van der Waals surface area contributed by atoms with E-state index in [0.29, 0.717) is 24.8 Å². The molecule has 2 aromatic rings. The second-order valence-electron chi connectivity index (χ2n) is 7.27. The van der Waals surface area contributed by atoms with Crippen LogP contribution in [0.15, 0.2) is 34.9 Å². The minimum atomic E-state index is 0.0168. The van der Waals surface area contributed by atoms with Gasteiger partial charge in [0.05, 0.1) is 5.92 Å². The van der Waals surface area contributed by atoms with E-state index in [9.17, 15) is 4.79 Å². The first-order valence-electron chi connectivity index (χ1n) is 9.05. The molecule has 0 bridgehead atoms. The Hall–Kier alpha value is -2.37. The van der Waals surface area contributed by atoms with E-state index in [4.69, 9.17) is 4.52 Å². The van der Waals surface area contributed by atoms with E-state index < -0.39 is 0 Å². The van der Waals surface area contributed by atoms with Gasteiger partial charge in [0.2, 0.25) is 5.89 Å². The number of likely N-dealkylation sites (tertiary alicyclic amines) is 1. The Kier molecular flexibility index (Phi) is 4.19. The van der Waals surface area contributed by atoms with Crippen LogP contribution >= 0.6 is 0 Å². The van der Waals surface area contributed by atoms with Gasteiger partial charge in [-0.05, 0) is 38.2 Å². The highest BCUT2D eigenvalue weighted by Gasteiger charge is 2.44. The number of carbonyl (C=O) groups excluding carboxylic acids is 1. The van der Waals surface area contributed by atoms with Crippen molar-refractivity contribution in [3.05, 3.63) is 47.6 Å². The molecule has 1 saturated carbocycles. The third kappa shape index (κ3) is 3.38. The van der Waals surface area contributed by atoms with Crippen LogP contribution in [-0.2, 0) is 5.41 Å². The number of aryl methyl sites for hydroxylation is 1. The largest absolute Gasteiger partial charge is 0.339 e. The number of nitrogens with one attached hydrogen (secondary N) is 1. The maximum absolute atomic E-state index is 12.6. The second kappa shape index (κ2) is 6.50. The quantitative estimate of drug-likeness (QED) is 0.929. The van der Waals surface area contributed by atoms with Gasteiger partial charge < -0.3 is 14.7 Å². The summed E-state index contributed by atoms with van der Waals surface area (Å²) >= 11 is 0. The van der Waals surface area contributed by atoms with Crippen LogP contribution in [0, 0.1) is 6.92 Å². The van der Waals surface area contributed by atoms with Crippen molar-refractivity contribution < 1.29 is 9.32 Å². The Morgan fingerprint density at radius 1 is 1.36 bits per heavy atom. The zero-order valence-corrected chi connectivity index (χ0v) is 14.6. The average molecular weight is 340 g/mol. The van der Waals surface area contributed by atoms with E-state index in [0.717, 1.165) is 32.2 Å². The number of urea groups is 1. The van der Waals surface area contributed by atoms with Gasteiger partial charge >= 0.3 is 6.03 Å². The highest BCUT2D eigenvalue weighted by molar-refractivity contribution is 5.74. The molecule has 2 fully saturated rings. The molecule has 1 aromatic carbocycles. The monoisotopic (exact) mass is 340 g/mol. The first-order chi connectivity index (χ1) is 12.2. The number of rotatable bonds is 4. The normalized spacial score (nSPS) is 21.8. The predicted molar refractivity (Wildman–Crippen MR) is 93.3 cm³/mol. The van der Waals surface area contributed by atoms with Crippen LogP contribution in [0.1, 0.15) is 48.9 Å². The summed E-state index contributed by atoms with van der Waals surface area (Å²) in [6.07, 6.45) is 4.23. The molecule has 1 saturated heterocycles. The molecule has 6 nitrogen and oxygen atoms in total. The summed E-state index contributed by atoms with van der Waals surface area (Å²) in [7, 11) is 0. The van der Waals surface area contributed by atoms with Crippen LogP contribution in [-0.4, -0.2) is 40.7 Å². The number of piperidine rings is 1. The molecule has 1 atom stereocenters. The minimum absolute atomic E-state index is 0.0168. The number of aromatic nitrogens is 2. The van der Waals surface area contributed by atoms with Gasteiger partial charge in [0.15, 0.2) is 5.82 Å². The maximum atomic E-state index is 12.6. The highest BCUT2D eigenvalue weighted by Crippen LogP contribution is 2.47. The van der Waals surface area contributed by atoms with Gasteiger partial charge in [-0.15, -0.1) is 0 Å². The van der Waals surface area contributed by atoms with Gasteiger partial charge in [0.25, 0.3) is 0 Å². The van der Waals surface area contributed by atoms with Gasteiger partial charge in [-0.2, -0.15) is 4.98 Å². The van der Waals surface area contributed by atoms with Gasteiger partial charge in [0.1, 0.15) is 0 Å². The number of benzene rings is 1. The first kappa shape index (κ1) is 16.1. The minimum Gasteiger partial charge on any atom is -0.339 e. The topological polar surface area (TPSA) is 71.3 Å². The van der Waals surface area contributed by atoms with Gasteiger partial charge in [-0.3, -0.25) is 0 Å². The Morgan fingerprint density at radius 2 is 2.16 bits per heavy atom. The molecule has 132 valence electrons. The van der Waals surface area contributed by atoms with Crippen molar-refractivity contribution in [3.63, 3.8) is 0 Å². The van der Waals surface area contributed by atoms with Gasteiger partial charge in [-0.1, -0.05) is 35.5 Å². The maximum Gasteiger partial charge on any atom is 0.317 e. The molecule has 1 aromatic heterocycles. The summed E-state index contributed by atoms with van der Waals surface area (Å²) in [5, 5.41) is 7.02. The Morgan fingerprint density at radius 3 is 2.84 bits per heavy atom. The van der Waals surface area contributed by atoms with Gasteiger partial charge in [-0.25, -0.2) is 4.79 Å². The number of hydrogen-bond acceptors (Lipinski definition) is 4.